The highest BCUT2D eigenvalue weighted by atomic mass is 19.2. The minimum absolute atomic E-state index is 0.217. The molecule has 0 amide bonds. The predicted octanol–water partition coefficient (Wildman–Crippen LogP) is 7.75. The molecule has 0 saturated heterocycles. The second-order valence-electron chi connectivity index (χ2n) is 9.82. The SMILES string of the molecule is C=CCCC1CCC2CC(c3cc4c(c(F)c3F)CC(CC)CC4)CCC2C1. The van der Waals surface area contributed by atoms with Gasteiger partial charge in [-0.25, -0.2) is 8.78 Å². The molecule has 3 aliphatic rings. The molecule has 2 heteroatoms. The third kappa shape index (κ3) is 3.94. The second kappa shape index (κ2) is 8.67. The molecule has 0 bridgehead atoms. The lowest BCUT2D eigenvalue weighted by atomic mass is 9.63. The van der Waals surface area contributed by atoms with Crippen molar-refractivity contribution in [2.24, 2.45) is 23.7 Å². The van der Waals surface area contributed by atoms with E-state index >= 15 is 4.39 Å². The summed E-state index contributed by atoms with van der Waals surface area (Å²) >= 11 is 0. The maximum atomic E-state index is 15.0. The van der Waals surface area contributed by atoms with E-state index in [1.54, 1.807) is 0 Å². The van der Waals surface area contributed by atoms with Gasteiger partial charge in [-0.2, -0.15) is 0 Å². The standard InChI is InChI=1S/C26H36F2/c1-3-5-6-18-8-9-20-15-21(12-11-19(20)13-18)24-16-22-10-7-17(4-2)14-23(22)25(27)26(24)28/h3,16-21H,1,4-15H2,2H3. The Hall–Kier alpha value is -1.18. The summed E-state index contributed by atoms with van der Waals surface area (Å²) in [7, 11) is 0. The first-order valence-corrected chi connectivity index (χ1v) is 11.7. The quantitative estimate of drug-likeness (QED) is 0.454. The van der Waals surface area contributed by atoms with Crippen LogP contribution in [0.2, 0.25) is 0 Å². The Bertz CT molecular complexity index is 707. The van der Waals surface area contributed by atoms with Gasteiger partial charge in [0.15, 0.2) is 11.6 Å². The highest BCUT2D eigenvalue weighted by Crippen LogP contribution is 2.49. The summed E-state index contributed by atoms with van der Waals surface area (Å²) in [6, 6.07) is 2.06. The lowest BCUT2D eigenvalue weighted by molar-refractivity contribution is 0.114. The normalized spacial score (nSPS) is 32.5. The van der Waals surface area contributed by atoms with E-state index in [9.17, 15) is 4.39 Å². The van der Waals surface area contributed by atoms with Crippen molar-refractivity contribution in [2.75, 3.05) is 0 Å². The average Bonchev–Trinajstić information content (AvgIpc) is 2.74. The number of hydrogen-bond acceptors (Lipinski definition) is 0. The molecule has 1 aromatic rings. The number of aryl methyl sites for hydroxylation is 1. The molecule has 5 atom stereocenters. The van der Waals surface area contributed by atoms with Crippen molar-refractivity contribution in [3.8, 4) is 0 Å². The summed E-state index contributed by atoms with van der Waals surface area (Å²) in [4.78, 5) is 0. The maximum Gasteiger partial charge on any atom is 0.162 e. The molecule has 0 heterocycles. The third-order valence-electron chi connectivity index (χ3n) is 8.26. The molecule has 2 saturated carbocycles. The fourth-order valence-electron chi connectivity index (χ4n) is 6.46. The molecule has 5 unspecified atom stereocenters. The fraction of sp³-hybridized carbons (Fsp3) is 0.692. The van der Waals surface area contributed by atoms with Crippen molar-refractivity contribution in [3.63, 3.8) is 0 Å². The summed E-state index contributed by atoms with van der Waals surface area (Å²) in [5.74, 6) is 2.03. The zero-order valence-electron chi connectivity index (χ0n) is 17.5. The predicted molar refractivity (Wildman–Crippen MR) is 113 cm³/mol. The van der Waals surface area contributed by atoms with Gasteiger partial charge in [0.25, 0.3) is 0 Å². The van der Waals surface area contributed by atoms with Crippen molar-refractivity contribution >= 4 is 0 Å². The van der Waals surface area contributed by atoms with Crippen LogP contribution in [0.1, 0.15) is 93.7 Å². The van der Waals surface area contributed by atoms with Crippen LogP contribution in [0.25, 0.3) is 0 Å². The lowest BCUT2D eigenvalue weighted by Gasteiger charge is -2.42. The maximum absolute atomic E-state index is 15.0. The van der Waals surface area contributed by atoms with Crippen LogP contribution in [-0.2, 0) is 12.8 Å². The minimum Gasteiger partial charge on any atom is -0.203 e. The van der Waals surface area contributed by atoms with Crippen LogP contribution >= 0.6 is 0 Å². The molecular weight excluding hydrogens is 350 g/mol. The topological polar surface area (TPSA) is 0 Å². The summed E-state index contributed by atoms with van der Waals surface area (Å²) in [5.41, 5.74) is 2.46. The Balaban J connectivity index is 1.48. The van der Waals surface area contributed by atoms with Gasteiger partial charge in [-0.3, -0.25) is 0 Å². The summed E-state index contributed by atoms with van der Waals surface area (Å²) in [6.45, 7) is 6.01. The Morgan fingerprint density at radius 3 is 2.57 bits per heavy atom. The molecule has 0 nitrogen and oxygen atoms in total. The Morgan fingerprint density at radius 1 is 1.00 bits per heavy atom. The van der Waals surface area contributed by atoms with Crippen molar-refractivity contribution in [1.82, 2.24) is 0 Å². The monoisotopic (exact) mass is 386 g/mol. The first kappa shape index (κ1) is 20.1. The molecular formula is C26H36F2. The molecule has 0 spiro atoms. The van der Waals surface area contributed by atoms with E-state index in [1.807, 2.05) is 6.08 Å². The molecule has 0 aromatic heterocycles. The van der Waals surface area contributed by atoms with Crippen LogP contribution in [-0.4, -0.2) is 0 Å². The lowest BCUT2D eigenvalue weighted by Crippen LogP contribution is -2.31. The van der Waals surface area contributed by atoms with Gasteiger partial charge in [-0.1, -0.05) is 31.9 Å². The second-order valence-corrected chi connectivity index (χ2v) is 9.82. The van der Waals surface area contributed by atoms with Gasteiger partial charge >= 0.3 is 0 Å². The minimum atomic E-state index is -0.529. The van der Waals surface area contributed by atoms with Crippen LogP contribution in [0.4, 0.5) is 8.78 Å². The van der Waals surface area contributed by atoms with Crippen molar-refractivity contribution in [2.45, 2.75) is 89.9 Å². The van der Waals surface area contributed by atoms with Crippen LogP contribution in [0, 0.1) is 35.3 Å². The van der Waals surface area contributed by atoms with E-state index in [0.29, 0.717) is 23.0 Å². The van der Waals surface area contributed by atoms with E-state index in [4.69, 9.17) is 0 Å². The van der Waals surface area contributed by atoms with Crippen LogP contribution < -0.4 is 0 Å². The van der Waals surface area contributed by atoms with Crippen molar-refractivity contribution < 1.29 is 8.78 Å². The van der Waals surface area contributed by atoms with E-state index in [-0.39, 0.29) is 5.92 Å². The van der Waals surface area contributed by atoms with Gasteiger partial charge in [0.1, 0.15) is 0 Å². The largest absolute Gasteiger partial charge is 0.203 e. The summed E-state index contributed by atoms with van der Waals surface area (Å²) in [5, 5.41) is 0. The number of halogens is 2. The van der Waals surface area contributed by atoms with Gasteiger partial charge in [0, 0.05) is 0 Å². The van der Waals surface area contributed by atoms with E-state index in [1.165, 1.54) is 32.1 Å². The third-order valence-corrected chi connectivity index (χ3v) is 8.26. The smallest absolute Gasteiger partial charge is 0.162 e. The molecule has 1 aromatic carbocycles. The van der Waals surface area contributed by atoms with E-state index < -0.39 is 11.6 Å². The summed E-state index contributed by atoms with van der Waals surface area (Å²) < 4.78 is 30.0. The van der Waals surface area contributed by atoms with Gasteiger partial charge < -0.3 is 0 Å². The molecule has 3 aliphatic carbocycles. The van der Waals surface area contributed by atoms with E-state index in [0.717, 1.165) is 62.3 Å². The molecule has 0 N–H and O–H groups in total. The Morgan fingerprint density at radius 2 is 1.79 bits per heavy atom. The zero-order valence-corrected chi connectivity index (χ0v) is 17.5. The van der Waals surface area contributed by atoms with Gasteiger partial charge in [0.2, 0.25) is 0 Å². The molecule has 2 fully saturated rings. The number of hydrogen-bond donors (Lipinski definition) is 0. The molecule has 0 radical (unpaired) electrons. The van der Waals surface area contributed by atoms with Crippen LogP contribution in [0.15, 0.2) is 18.7 Å². The molecule has 28 heavy (non-hydrogen) atoms. The Kier molecular flexibility index (Phi) is 6.23. The van der Waals surface area contributed by atoms with E-state index in [2.05, 4.69) is 19.6 Å². The highest BCUT2D eigenvalue weighted by molar-refractivity contribution is 5.38. The van der Waals surface area contributed by atoms with Crippen molar-refractivity contribution in [3.05, 3.63) is 47.0 Å². The first-order chi connectivity index (χ1) is 13.6. The van der Waals surface area contributed by atoms with Gasteiger partial charge in [0.05, 0.1) is 0 Å². The Labute approximate surface area is 169 Å². The summed E-state index contributed by atoms with van der Waals surface area (Å²) in [6.07, 6.45) is 15.5. The van der Waals surface area contributed by atoms with Crippen molar-refractivity contribution in [1.29, 1.82) is 0 Å². The van der Waals surface area contributed by atoms with Gasteiger partial charge in [-0.05, 0) is 110 Å². The molecule has 154 valence electrons. The van der Waals surface area contributed by atoms with Crippen LogP contribution in [0.3, 0.4) is 0 Å². The number of benzene rings is 1. The highest BCUT2D eigenvalue weighted by Gasteiger charge is 2.37. The molecule has 0 aliphatic heterocycles. The van der Waals surface area contributed by atoms with Crippen LogP contribution in [0.5, 0.6) is 0 Å². The van der Waals surface area contributed by atoms with Gasteiger partial charge in [-0.15, -0.1) is 6.58 Å². The average molecular weight is 387 g/mol. The number of fused-ring (bicyclic) bond motifs is 2. The number of allylic oxidation sites excluding steroid dienone is 1. The number of rotatable bonds is 5. The fourth-order valence-corrected chi connectivity index (χ4v) is 6.46. The first-order valence-electron chi connectivity index (χ1n) is 11.7. The zero-order chi connectivity index (χ0) is 19.7. The molecule has 4 rings (SSSR count).